The molecule has 2 aromatic heterocycles. The molecule has 0 bridgehead atoms. The van der Waals surface area contributed by atoms with Crippen LogP contribution in [0.25, 0.3) is 0 Å². The van der Waals surface area contributed by atoms with E-state index in [1.807, 2.05) is 19.1 Å². The lowest BCUT2D eigenvalue weighted by Crippen LogP contribution is -2.15. The minimum atomic E-state index is 0.0268. The fraction of sp³-hybridized carbons (Fsp3) is 0.455. The summed E-state index contributed by atoms with van der Waals surface area (Å²) >= 11 is 0. The van der Waals surface area contributed by atoms with Crippen molar-refractivity contribution in [1.29, 1.82) is 0 Å². The Bertz CT molecular complexity index is 422. The minimum absolute atomic E-state index is 0.0268. The zero-order valence-corrected chi connectivity index (χ0v) is 9.22. The molecule has 5 heteroatoms. The molecule has 0 aliphatic rings. The highest BCUT2D eigenvalue weighted by Gasteiger charge is 2.18. The van der Waals surface area contributed by atoms with E-state index in [1.165, 1.54) is 0 Å². The zero-order valence-electron chi connectivity index (χ0n) is 9.22. The Balaban J connectivity index is 2.10. The molecule has 5 nitrogen and oxygen atoms in total. The second kappa shape index (κ2) is 4.94. The van der Waals surface area contributed by atoms with Crippen LogP contribution in [0.3, 0.4) is 0 Å². The van der Waals surface area contributed by atoms with Crippen LogP contribution in [-0.2, 0) is 12.8 Å². The molecule has 2 heterocycles. The summed E-state index contributed by atoms with van der Waals surface area (Å²) in [6.45, 7) is 2.44. The number of furan rings is 1. The number of hydrogen-bond donors (Lipinski definition) is 1. The van der Waals surface area contributed by atoms with Gasteiger partial charge in [0.05, 0.1) is 12.2 Å². The van der Waals surface area contributed by atoms with Gasteiger partial charge in [0, 0.05) is 19.4 Å². The van der Waals surface area contributed by atoms with Crippen molar-refractivity contribution in [2.75, 3.05) is 6.54 Å². The van der Waals surface area contributed by atoms with Gasteiger partial charge in [-0.15, -0.1) is 10.2 Å². The summed E-state index contributed by atoms with van der Waals surface area (Å²) in [5.41, 5.74) is 5.70. The molecule has 0 fully saturated rings. The van der Waals surface area contributed by atoms with Crippen LogP contribution in [0, 0.1) is 0 Å². The topological polar surface area (TPSA) is 78.1 Å². The summed E-state index contributed by atoms with van der Waals surface area (Å²) in [5.74, 6) is 2.15. The first-order chi connectivity index (χ1) is 7.83. The third-order valence-electron chi connectivity index (χ3n) is 2.45. The summed E-state index contributed by atoms with van der Waals surface area (Å²) < 4.78 is 10.8. The van der Waals surface area contributed by atoms with Crippen molar-refractivity contribution in [1.82, 2.24) is 10.2 Å². The van der Waals surface area contributed by atoms with Crippen LogP contribution in [0.1, 0.15) is 30.4 Å². The summed E-state index contributed by atoms with van der Waals surface area (Å²) in [6.07, 6.45) is 3.08. The molecule has 2 N–H and O–H groups in total. The van der Waals surface area contributed by atoms with Crippen molar-refractivity contribution >= 4 is 0 Å². The minimum Gasteiger partial charge on any atom is -0.469 e. The van der Waals surface area contributed by atoms with Crippen LogP contribution in [0.2, 0.25) is 0 Å². The molecule has 2 aromatic rings. The molecular weight excluding hydrogens is 206 g/mol. The van der Waals surface area contributed by atoms with Crippen LogP contribution < -0.4 is 5.73 Å². The van der Waals surface area contributed by atoms with E-state index >= 15 is 0 Å². The second-order valence-electron chi connectivity index (χ2n) is 3.60. The molecule has 2 rings (SSSR count). The van der Waals surface area contributed by atoms with Crippen molar-refractivity contribution in [3.05, 3.63) is 35.9 Å². The van der Waals surface area contributed by atoms with Gasteiger partial charge in [-0.1, -0.05) is 6.92 Å². The smallest absolute Gasteiger partial charge is 0.221 e. The van der Waals surface area contributed by atoms with Gasteiger partial charge in [0.2, 0.25) is 11.8 Å². The Kier molecular flexibility index (Phi) is 3.36. The lowest BCUT2D eigenvalue weighted by Gasteiger charge is -2.07. The summed E-state index contributed by atoms with van der Waals surface area (Å²) in [6, 6.07) is 3.77. The van der Waals surface area contributed by atoms with Gasteiger partial charge in [-0.25, -0.2) is 0 Å². The molecular formula is C11H15N3O2. The van der Waals surface area contributed by atoms with E-state index in [0.717, 1.165) is 12.2 Å². The Morgan fingerprint density at radius 1 is 1.44 bits per heavy atom. The van der Waals surface area contributed by atoms with Gasteiger partial charge in [-0.2, -0.15) is 0 Å². The molecule has 86 valence electrons. The number of aryl methyl sites for hydroxylation is 1. The van der Waals surface area contributed by atoms with E-state index in [9.17, 15) is 0 Å². The first-order valence-electron chi connectivity index (χ1n) is 5.38. The third kappa shape index (κ3) is 2.30. The number of hydrogen-bond acceptors (Lipinski definition) is 5. The van der Waals surface area contributed by atoms with E-state index in [0.29, 0.717) is 24.7 Å². The normalized spacial score (nSPS) is 12.9. The summed E-state index contributed by atoms with van der Waals surface area (Å²) in [7, 11) is 0. The van der Waals surface area contributed by atoms with Crippen LogP contribution in [0.15, 0.2) is 27.2 Å². The highest BCUT2D eigenvalue weighted by atomic mass is 16.4. The third-order valence-corrected chi connectivity index (χ3v) is 2.45. The van der Waals surface area contributed by atoms with Crippen molar-refractivity contribution in [3.8, 4) is 0 Å². The molecule has 1 unspecified atom stereocenters. The predicted molar refractivity (Wildman–Crippen MR) is 57.9 cm³/mol. The van der Waals surface area contributed by atoms with Crippen molar-refractivity contribution in [2.45, 2.75) is 25.7 Å². The van der Waals surface area contributed by atoms with E-state index in [-0.39, 0.29) is 5.92 Å². The van der Waals surface area contributed by atoms with Crippen molar-refractivity contribution in [2.24, 2.45) is 5.73 Å². The van der Waals surface area contributed by atoms with E-state index in [4.69, 9.17) is 14.6 Å². The van der Waals surface area contributed by atoms with Gasteiger partial charge in [0.15, 0.2) is 0 Å². The predicted octanol–water partition coefficient (Wildman–Crippen LogP) is 1.51. The second-order valence-corrected chi connectivity index (χ2v) is 3.60. The fourth-order valence-electron chi connectivity index (χ4n) is 1.52. The Morgan fingerprint density at radius 3 is 2.88 bits per heavy atom. The fourth-order valence-corrected chi connectivity index (χ4v) is 1.52. The molecule has 16 heavy (non-hydrogen) atoms. The zero-order chi connectivity index (χ0) is 11.4. The maximum absolute atomic E-state index is 5.70. The highest BCUT2D eigenvalue weighted by molar-refractivity contribution is 5.05. The number of rotatable bonds is 5. The average molecular weight is 221 g/mol. The molecule has 0 saturated carbocycles. The molecule has 0 saturated heterocycles. The van der Waals surface area contributed by atoms with Crippen LogP contribution >= 0.6 is 0 Å². The van der Waals surface area contributed by atoms with Crippen molar-refractivity contribution < 1.29 is 8.83 Å². The van der Waals surface area contributed by atoms with E-state index in [1.54, 1.807) is 6.26 Å². The van der Waals surface area contributed by atoms with Gasteiger partial charge >= 0.3 is 0 Å². The van der Waals surface area contributed by atoms with Crippen LogP contribution in [-0.4, -0.2) is 16.7 Å². The molecule has 1 atom stereocenters. The molecule has 0 aromatic carbocycles. The SMILES string of the molecule is CCc1nnc(C(CN)Cc2ccco2)o1. The quantitative estimate of drug-likeness (QED) is 0.828. The van der Waals surface area contributed by atoms with Gasteiger partial charge < -0.3 is 14.6 Å². The largest absolute Gasteiger partial charge is 0.469 e. The number of nitrogens with zero attached hydrogens (tertiary/aromatic N) is 2. The average Bonchev–Trinajstić information content (AvgIpc) is 2.96. The first-order valence-corrected chi connectivity index (χ1v) is 5.38. The van der Waals surface area contributed by atoms with Gasteiger partial charge in [0.25, 0.3) is 0 Å². The molecule has 0 spiro atoms. The van der Waals surface area contributed by atoms with Crippen LogP contribution in [0.5, 0.6) is 0 Å². The van der Waals surface area contributed by atoms with E-state index < -0.39 is 0 Å². The Morgan fingerprint density at radius 2 is 2.31 bits per heavy atom. The van der Waals surface area contributed by atoms with Gasteiger partial charge in [0.1, 0.15) is 5.76 Å². The highest BCUT2D eigenvalue weighted by Crippen LogP contribution is 2.19. The lowest BCUT2D eigenvalue weighted by atomic mass is 10.0. The number of aromatic nitrogens is 2. The van der Waals surface area contributed by atoms with Gasteiger partial charge in [-0.05, 0) is 12.1 Å². The molecule has 0 aliphatic carbocycles. The van der Waals surface area contributed by atoms with E-state index in [2.05, 4.69) is 10.2 Å². The van der Waals surface area contributed by atoms with Crippen LogP contribution in [0.4, 0.5) is 0 Å². The van der Waals surface area contributed by atoms with Gasteiger partial charge in [-0.3, -0.25) is 0 Å². The summed E-state index contributed by atoms with van der Waals surface area (Å²) in [5, 5.41) is 7.93. The number of nitrogens with two attached hydrogens (primary N) is 1. The standard InChI is InChI=1S/C11H15N3O2/c1-2-10-13-14-11(16-10)8(7-12)6-9-4-3-5-15-9/h3-5,8H,2,6-7,12H2,1H3. The maximum Gasteiger partial charge on any atom is 0.221 e. The first kappa shape index (κ1) is 10.9. The Labute approximate surface area is 93.6 Å². The maximum atomic E-state index is 5.70. The lowest BCUT2D eigenvalue weighted by molar-refractivity contribution is 0.400. The molecule has 0 amide bonds. The Hall–Kier alpha value is -1.62. The molecule has 0 aliphatic heterocycles. The summed E-state index contributed by atoms with van der Waals surface area (Å²) in [4.78, 5) is 0. The molecule has 0 radical (unpaired) electrons. The van der Waals surface area contributed by atoms with Crippen molar-refractivity contribution in [3.63, 3.8) is 0 Å². The monoisotopic (exact) mass is 221 g/mol.